The van der Waals surface area contributed by atoms with Gasteiger partial charge in [0, 0.05) is 6.42 Å². The second kappa shape index (κ2) is 5.71. The maximum absolute atomic E-state index is 10.5. The lowest BCUT2D eigenvalue weighted by atomic mass is 10.1. The monoisotopic (exact) mass is 173 g/mol. The third kappa shape index (κ3) is 7.21. The molecule has 70 valence electrons. The van der Waals surface area contributed by atoms with Crippen LogP contribution >= 0.6 is 0 Å². The maximum Gasteiger partial charge on any atom is 0.303 e. The topological polar surface area (TPSA) is 66.4 Å². The molecule has 0 aliphatic rings. The Bertz CT molecular complexity index is 168. The van der Waals surface area contributed by atoms with E-state index in [0.717, 1.165) is 0 Å². The summed E-state index contributed by atoms with van der Waals surface area (Å²) in [5.41, 5.74) is 0. The Morgan fingerprint density at radius 2 is 2.08 bits per heavy atom. The van der Waals surface area contributed by atoms with Crippen LogP contribution in [0.2, 0.25) is 0 Å². The summed E-state index contributed by atoms with van der Waals surface area (Å²) in [7, 11) is 0. The molecule has 12 heavy (non-hydrogen) atoms. The summed E-state index contributed by atoms with van der Waals surface area (Å²) in [6.07, 6.45) is 0.144. The maximum atomic E-state index is 10.5. The standard InChI is InChI=1S/C8H15NO3/c1-6(3-8(11)12)4-9-5-7(2)10/h6,9H,3-5H2,1-2H3,(H,11,12)/t6-/m0/s1. The van der Waals surface area contributed by atoms with E-state index >= 15 is 0 Å². The molecule has 0 aromatic carbocycles. The second-order valence-corrected chi connectivity index (χ2v) is 3.04. The number of hydrogen-bond acceptors (Lipinski definition) is 3. The third-order valence-corrected chi connectivity index (χ3v) is 1.39. The summed E-state index contributed by atoms with van der Waals surface area (Å²) in [5, 5.41) is 11.3. The van der Waals surface area contributed by atoms with Crippen molar-refractivity contribution in [2.24, 2.45) is 5.92 Å². The SMILES string of the molecule is CC(=O)CNC[C@@H](C)CC(=O)O. The third-order valence-electron chi connectivity index (χ3n) is 1.39. The zero-order valence-electron chi connectivity index (χ0n) is 7.46. The number of carboxylic acid groups (broad SMARTS) is 1. The first-order chi connectivity index (χ1) is 5.52. The minimum atomic E-state index is -0.799. The average Bonchev–Trinajstić information content (AvgIpc) is 1.84. The predicted molar refractivity (Wildman–Crippen MR) is 45.0 cm³/mol. The molecular weight excluding hydrogens is 158 g/mol. The van der Waals surface area contributed by atoms with Gasteiger partial charge in [0.2, 0.25) is 0 Å². The van der Waals surface area contributed by atoms with E-state index in [-0.39, 0.29) is 18.1 Å². The molecule has 0 heterocycles. The summed E-state index contributed by atoms with van der Waals surface area (Å²) in [6, 6.07) is 0. The van der Waals surface area contributed by atoms with Gasteiger partial charge in [-0.3, -0.25) is 9.59 Å². The van der Waals surface area contributed by atoms with Gasteiger partial charge in [-0.05, 0) is 19.4 Å². The molecule has 0 saturated heterocycles. The highest BCUT2D eigenvalue weighted by Gasteiger charge is 2.06. The van der Waals surface area contributed by atoms with E-state index in [2.05, 4.69) is 5.32 Å². The Hall–Kier alpha value is -0.900. The molecule has 0 radical (unpaired) electrons. The van der Waals surface area contributed by atoms with Crippen molar-refractivity contribution in [1.29, 1.82) is 0 Å². The zero-order valence-corrected chi connectivity index (χ0v) is 7.46. The van der Waals surface area contributed by atoms with Crippen LogP contribution in [-0.2, 0) is 9.59 Å². The molecule has 0 bridgehead atoms. The molecular formula is C8H15NO3. The van der Waals surface area contributed by atoms with Crippen LogP contribution in [0, 0.1) is 5.92 Å². The molecule has 0 rings (SSSR count). The van der Waals surface area contributed by atoms with E-state index in [4.69, 9.17) is 5.11 Å². The van der Waals surface area contributed by atoms with Gasteiger partial charge in [-0.25, -0.2) is 0 Å². The minimum Gasteiger partial charge on any atom is -0.481 e. The Kier molecular flexibility index (Phi) is 5.28. The van der Waals surface area contributed by atoms with Crippen molar-refractivity contribution >= 4 is 11.8 Å². The summed E-state index contributed by atoms with van der Waals surface area (Å²) in [5.74, 6) is -0.661. The van der Waals surface area contributed by atoms with Gasteiger partial charge < -0.3 is 10.4 Å². The fourth-order valence-corrected chi connectivity index (χ4v) is 0.865. The minimum absolute atomic E-state index is 0.0672. The first-order valence-electron chi connectivity index (χ1n) is 3.94. The highest BCUT2D eigenvalue weighted by molar-refractivity contribution is 5.77. The van der Waals surface area contributed by atoms with Crippen molar-refractivity contribution in [2.45, 2.75) is 20.3 Å². The smallest absolute Gasteiger partial charge is 0.303 e. The first kappa shape index (κ1) is 11.1. The summed E-state index contributed by atoms with van der Waals surface area (Å²) in [4.78, 5) is 20.7. The lowest BCUT2D eigenvalue weighted by Gasteiger charge is -2.08. The molecule has 0 aliphatic heterocycles. The van der Waals surface area contributed by atoms with E-state index in [9.17, 15) is 9.59 Å². The zero-order chi connectivity index (χ0) is 9.56. The van der Waals surface area contributed by atoms with Gasteiger partial charge >= 0.3 is 5.97 Å². The summed E-state index contributed by atoms with van der Waals surface area (Å²) in [6.45, 7) is 4.23. The van der Waals surface area contributed by atoms with E-state index in [1.807, 2.05) is 6.92 Å². The summed E-state index contributed by atoms with van der Waals surface area (Å²) >= 11 is 0. The molecule has 1 atom stereocenters. The Morgan fingerprint density at radius 1 is 1.50 bits per heavy atom. The van der Waals surface area contributed by atoms with Crippen LogP contribution < -0.4 is 5.32 Å². The second-order valence-electron chi connectivity index (χ2n) is 3.04. The Balaban J connectivity index is 3.37. The molecule has 0 aromatic rings. The molecule has 0 amide bonds. The number of Topliss-reactive ketones (excluding diaryl/α,β-unsaturated/α-hetero) is 1. The van der Waals surface area contributed by atoms with Crippen molar-refractivity contribution in [3.63, 3.8) is 0 Å². The number of ketones is 1. The number of hydrogen-bond donors (Lipinski definition) is 2. The van der Waals surface area contributed by atoms with Gasteiger partial charge in [-0.15, -0.1) is 0 Å². The quantitative estimate of drug-likeness (QED) is 0.605. The van der Waals surface area contributed by atoms with E-state index in [0.29, 0.717) is 13.1 Å². The molecule has 4 heteroatoms. The van der Waals surface area contributed by atoms with Crippen LogP contribution in [0.3, 0.4) is 0 Å². The van der Waals surface area contributed by atoms with Gasteiger partial charge in [0.15, 0.2) is 0 Å². The molecule has 0 aromatic heterocycles. The predicted octanol–water partition coefficient (Wildman–Crippen LogP) is 0.276. The Morgan fingerprint density at radius 3 is 2.50 bits per heavy atom. The van der Waals surface area contributed by atoms with Crippen molar-refractivity contribution in [2.75, 3.05) is 13.1 Å². The number of carbonyl (C=O) groups excluding carboxylic acids is 1. The number of carboxylic acids is 1. The van der Waals surface area contributed by atoms with Crippen LogP contribution in [-0.4, -0.2) is 29.9 Å². The van der Waals surface area contributed by atoms with Crippen molar-refractivity contribution in [3.05, 3.63) is 0 Å². The fraction of sp³-hybridized carbons (Fsp3) is 0.750. The normalized spacial score (nSPS) is 12.5. The van der Waals surface area contributed by atoms with Gasteiger partial charge in [0.25, 0.3) is 0 Å². The lowest BCUT2D eigenvalue weighted by Crippen LogP contribution is -2.27. The first-order valence-corrected chi connectivity index (χ1v) is 3.94. The lowest BCUT2D eigenvalue weighted by molar-refractivity contribution is -0.137. The van der Waals surface area contributed by atoms with E-state index < -0.39 is 5.97 Å². The Labute approximate surface area is 72.0 Å². The van der Waals surface area contributed by atoms with Crippen LogP contribution in [0.15, 0.2) is 0 Å². The molecule has 0 saturated carbocycles. The van der Waals surface area contributed by atoms with Gasteiger partial charge in [-0.1, -0.05) is 6.92 Å². The number of rotatable bonds is 6. The highest BCUT2D eigenvalue weighted by atomic mass is 16.4. The fourth-order valence-electron chi connectivity index (χ4n) is 0.865. The van der Waals surface area contributed by atoms with Crippen molar-refractivity contribution in [3.8, 4) is 0 Å². The number of carbonyl (C=O) groups is 2. The average molecular weight is 173 g/mol. The molecule has 2 N–H and O–H groups in total. The molecule has 0 fully saturated rings. The van der Waals surface area contributed by atoms with Crippen molar-refractivity contribution in [1.82, 2.24) is 5.32 Å². The molecule has 4 nitrogen and oxygen atoms in total. The molecule has 0 spiro atoms. The van der Waals surface area contributed by atoms with Gasteiger partial charge in [-0.2, -0.15) is 0 Å². The van der Waals surface area contributed by atoms with Crippen LogP contribution in [0.1, 0.15) is 20.3 Å². The van der Waals surface area contributed by atoms with Crippen LogP contribution in [0.4, 0.5) is 0 Å². The highest BCUT2D eigenvalue weighted by Crippen LogP contribution is 1.98. The van der Waals surface area contributed by atoms with Gasteiger partial charge in [0.05, 0.1) is 6.54 Å². The van der Waals surface area contributed by atoms with E-state index in [1.54, 1.807) is 0 Å². The van der Waals surface area contributed by atoms with E-state index in [1.165, 1.54) is 6.92 Å². The molecule has 0 aliphatic carbocycles. The van der Waals surface area contributed by atoms with Crippen LogP contribution in [0.25, 0.3) is 0 Å². The summed E-state index contributed by atoms with van der Waals surface area (Å²) < 4.78 is 0. The van der Waals surface area contributed by atoms with Gasteiger partial charge in [0.1, 0.15) is 5.78 Å². The largest absolute Gasteiger partial charge is 0.481 e. The van der Waals surface area contributed by atoms with Crippen molar-refractivity contribution < 1.29 is 14.7 Å². The number of aliphatic carboxylic acids is 1. The van der Waals surface area contributed by atoms with Crippen LogP contribution in [0.5, 0.6) is 0 Å². The number of nitrogens with one attached hydrogen (secondary N) is 1. The molecule has 0 unspecified atom stereocenters.